The monoisotopic (exact) mass is 304 g/mol. The summed E-state index contributed by atoms with van der Waals surface area (Å²) in [6.45, 7) is 2.42. The van der Waals surface area contributed by atoms with E-state index in [9.17, 15) is 18.0 Å². The van der Waals surface area contributed by atoms with Crippen LogP contribution in [0.1, 0.15) is 42.2 Å². The van der Waals surface area contributed by atoms with Crippen molar-refractivity contribution >= 4 is 5.91 Å². The van der Waals surface area contributed by atoms with Crippen LogP contribution in [0.5, 0.6) is 0 Å². The number of carbonyl (C=O) groups is 1. The molecule has 0 bridgehead atoms. The second-order valence-electron chi connectivity index (χ2n) is 4.81. The molecular formula is C14H19F3N2O2. The molecule has 1 aromatic heterocycles. The van der Waals surface area contributed by atoms with E-state index in [2.05, 4.69) is 10.3 Å². The summed E-state index contributed by atoms with van der Waals surface area (Å²) in [6.07, 6.45) is -1.45. The van der Waals surface area contributed by atoms with Crippen LogP contribution < -0.4 is 5.32 Å². The molecule has 0 saturated heterocycles. The first kappa shape index (κ1) is 17.4. The highest BCUT2D eigenvalue weighted by Crippen LogP contribution is 2.28. The number of rotatable bonds is 7. The van der Waals surface area contributed by atoms with Gasteiger partial charge in [0.2, 0.25) is 0 Å². The van der Waals surface area contributed by atoms with E-state index in [1.165, 1.54) is 0 Å². The number of aromatic nitrogens is 1. The van der Waals surface area contributed by atoms with Crippen molar-refractivity contribution in [2.45, 2.75) is 32.4 Å². The Morgan fingerprint density at radius 2 is 2.10 bits per heavy atom. The van der Waals surface area contributed by atoms with Gasteiger partial charge in [0, 0.05) is 19.3 Å². The number of halogens is 3. The van der Waals surface area contributed by atoms with Gasteiger partial charge in [0.05, 0.1) is 5.56 Å². The fourth-order valence-corrected chi connectivity index (χ4v) is 1.96. The highest BCUT2D eigenvalue weighted by atomic mass is 19.4. The summed E-state index contributed by atoms with van der Waals surface area (Å²) in [5, 5.41) is 11.6. The third kappa shape index (κ3) is 5.71. The molecule has 21 heavy (non-hydrogen) atoms. The molecule has 2 N–H and O–H groups in total. The number of aliphatic hydroxyl groups is 1. The highest BCUT2D eigenvalue weighted by molar-refractivity contribution is 5.92. The minimum absolute atomic E-state index is 0.0407. The molecule has 1 unspecified atom stereocenters. The van der Waals surface area contributed by atoms with Gasteiger partial charge in [0.15, 0.2) is 0 Å². The number of amides is 1. The number of aliphatic hydroxyl groups excluding tert-OH is 1. The van der Waals surface area contributed by atoms with Gasteiger partial charge >= 0.3 is 6.18 Å². The van der Waals surface area contributed by atoms with Crippen molar-refractivity contribution in [3.63, 3.8) is 0 Å². The SMILES string of the molecule is CCCC(CCO)CNC(=O)c1ccc(C(F)(F)F)cn1. The molecule has 0 spiro atoms. The van der Waals surface area contributed by atoms with Crippen molar-refractivity contribution in [2.75, 3.05) is 13.2 Å². The lowest BCUT2D eigenvalue weighted by atomic mass is 10.0. The molecule has 1 aromatic rings. The molecule has 1 rings (SSSR count). The Bertz CT molecular complexity index is 441. The third-order valence-electron chi connectivity index (χ3n) is 3.11. The molecule has 0 aliphatic heterocycles. The highest BCUT2D eigenvalue weighted by Gasteiger charge is 2.30. The van der Waals surface area contributed by atoms with Crippen molar-refractivity contribution in [1.82, 2.24) is 10.3 Å². The maximum Gasteiger partial charge on any atom is 0.417 e. The van der Waals surface area contributed by atoms with Crippen molar-refractivity contribution in [3.05, 3.63) is 29.6 Å². The quantitative estimate of drug-likeness (QED) is 0.814. The van der Waals surface area contributed by atoms with Gasteiger partial charge in [-0.25, -0.2) is 0 Å². The lowest BCUT2D eigenvalue weighted by Crippen LogP contribution is -2.30. The molecule has 118 valence electrons. The molecule has 4 nitrogen and oxygen atoms in total. The first-order valence-corrected chi connectivity index (χ1v) is 6.80. The van der Waals surface area contributed by atoms with E-state index in [-0.39, 0.29) is 18.2 Å². The second kappa shape index (κ2) is 7.97. The van der Waals surface area contributed by atoms with Crippen LogP contribution in [0.3, 0.4) is 0 Å². The molecular weight excluding hydrogens is 285 g/mol. The number of hydrogen-bond acceptors (Lipinski definition) is 3. The number of carbonyl (C=O) groups excluding carboxylic acids is 1. The molecule has 1 amide bonds. The van der Waals surface area contributed by atoms with E-state index < -0.39 is 17.6 Å². The number of alkyl halides is 3. The van der Waals surface area contributed by atoms with Gasteiger partial charge in [-0.1, -0.05) is 13.3 Å². The normalized spacial score (nSPS) is 13.0. The molecule has 1 heterocycles. The van der Waals surface area contributed by atoms with Gasteiger partial charge in [-0.2, -0.15) is 13.2 Å². The molecule has 0 saturated carbocycles. The van der Waals surface area contributed by atoms with Gasteiger partial charge in [-0.3, -0.25) is 9.78 Å². The second-order valence-corrected chi connectivity index (χ2v) is 4.81. The van der Waals surface area contributed by atoms with Gasteiger partial charge in [0.1, 0.15) is 5.69 Å². The maximum absolute atomic E-state index is 12.4. The van der Waals surface area contributed by atoms with E-state index in [4.69, 9.17) is 5.11 Å². The van der Waals surface area contributed by atoms with Crippen LogP contribution in [-0.2, 0) is 6.18 Å². The zero-order chi connectivity index (χ0) is 15.9. The van der Waals surface area contributed by atoms with Crippen LogP contribution in [0, 0.1) is 5.92 Å². The predicted octanol–water partition coefficient (Wildman–Crippen LogP) is 2.63. The Labute approximate surface area is 121 Å². The summed E-state index contributed by atoms with van der Waals surface area (Å²) in [5.41, 5.74) is -0.939. The van der Waals surface area contributed by atoms with Gasteiger partial charge in [-0.05, 0) is 30.9 Å². The van der Waals surface area contributed by atoms with Crippen LogP contribution in [0.15, 0.2) is 18.3 Å². The third-order valence-corrected chi connectivity index (χ3v) is 3.11. The Balaban J connectivity index is 2.59. The summed E-state index contributed by atoms with van der Waals surface area (Å²) in [5.74, 6) is -0.360. The maximum atomic E-state index is 12.4. The molecule has 7 heteroatoms. The van der Waals surface area contributed by atoms with Crippen molar-refractivity contribution in [1.29, 1.82) is 0 Å². The van der Waals surface area contributed by atoms with E-state index >= 15 is 0 Å². The summed E-state index contributed by atoms with van der Waals surface area (Å²) >= 11 is 0. The van der Waals surface area contributed by atoms with Gasteiger partial charge < -0.3 is 10.4 Å². The Kier molecular flexibility index (Phi) is 6.61. The minimum Gasteiger partial charge on any atom is -0.396 e. The van der Waals surface area contributed by atoms with E-state index in [1.807, 2.05) is 6.92 Å². The van der Waals surface area contributed by atoms with Crippen LogP contribution in [-0.4, -0.2) is 29.1 Å². The van der Waals surface area contributed by atoms with E-state index in [1.54, 1.807) is 0 Å². The fourth-order valence-electron chi connectivity index (χ4n) is 1.96. The topological polar surface area (TPSA) is 62.2 Å². The van der Waals surface area contributed by atoms with Gasteiger partial charge in [0.25, 0.3) is 5.91 Å². The predicted molar refractivity (Wildman–Crippen MR) is 71.7 cm³/mol. The van der Waals surface area contributed by atoms with Crippen LogP contribution in [0.25, 0.3) is 0 Å². The lowest BCUT2D eigenvalue weighted by molar-refractivity contribution is -0.137. The molecule has 1 atom stereocenters. The van der Waals surface area contributed by atoms with Crippen LogP contribution >= 0.6 is 0 Å². The summed E-state index contributed by atoms with van der Waals surface area (Å²) < 4.78 is 37.1. The molecule has 0 fully saturated rings. The van der Waals surface area contributed by atoms with Crippen LogP contribution in [0.4, 0.5) is 13.2 Å². The lowest BCUT2D eigenvalue weighted by Gasteiger charge is -2.15. The Morgan fingerprint density at radius 3 is 2.57 bits per heavy atom. The molecule has 0 radical (unpaired) electrons. The average Bonchev–Trinajstić information content (AvgIpc) is 2.44. The number of nitrogens with one attached hydrogen (secondary N) is 1. The standard InChI is InChI=1S/C14H19F3N2O2/c1-2-3-10(6-7-20)8-19-13(21)12-5-4-11(9-18-12)14(15,16)17/h4-5,9-10,20H,2-3,6-8H2,1H3,(H,19,21). The summed E-state index contributed by atoms with van der Waals surface area (Å²) in [6, 6.07) is 1.89. The fraction of sp³-hybridized carbons (Fsp3) is 0.571. The van der Waals surface area contributed by atoms with Gasteiger partial charge in [-0.15, -0.1) is 0 Å². The zero-order valence-corrected chi connectivity index (χ0v) is 11.8. The number of hydrogen-bond donors (Lipinski definition) is 2. The molecule has 0 aromatic carbocycles. The Morgan fingerprint density at radius 1 is 1.38 bits per heavy atom. The zero-order valence-electron chi connectivity index (χ0n) is 11.8. The van der Waals surface area contributed by atoms with Crippen molar-refractivity contribution in [2.24, 2.45) is 5.92 Å². The average molecular weight is 304 g/mol. The smallest absolute Gasteiger partial charge is 0.396 e. The molecule has 0 aliphatic carbocycles. The minimum atomic E-state index is -4.46. The van der Waals surface area contributed by atoms with E-state index in [0.29, 0.717) is 19.2 Å². The summed E-state index contributed by atoms with van der Waals surface area (Å²) in [7, 11) is 0. The summed E-state index contributed by atoms with van der Waals surface area (Å²) in [4.78, 5) is 15.3. The van der Waals surface area contributed by atoms with Crippen molar-refractivity contribution < 1.29 is 23.1 Å². The largest absolute Gasteiger partial charge is 0.417 e. The first-order valence-electron chi connectivity index (χ1n) is 6.80. The van der Waals surface area contributed by atoms with Crippen molar-refractivity contribution in [3.8, 4) is 0 Å². The number of pyridine rings is 1. The molecule has 0 aliphatic rings. The number of nitrogens with zero attached hydrogens (tertiary/aromatic N) is 1. The first-order chi connectivity index (χ1) is 9.88. The van der Waals surface area contributed by atoms with E-state index in [0.717, 1.165) is 25.0 Å². The van der Waals surface area contributed by atoms with Crippen LogP contribution in [0.2, 0.25) is 0 Å². The Hall–Kier alpha value is -1.63.